The molecule has 0 spiro atoms. The van der Waals surface area contributed by atoms with Gasteiger partial charge in [-0.05, 0) is 51.2 Å². The summed E-state index contributed by atoms with van der Waals surface area (Å²) in [7, 11) is 0. The monoisotopic (exact) mass is 311 g/mol. The Hall–Kier alpha value is -2.24. The fourth-order valence-electron chi connectivity index (χ4n) is 3.79. The van der Waals surface area contributed by atoms with Crippen LogP contribution in [0.1, 0.15) is 50.1 Å². The summed E-state index contributed by atoms with van der Waals surface area (Å²) in [4.78, 5) is 4.32. The van der Waals surface area contributed by atoms with Crippen LogP contribution in [0.3, 0.4) is 0 Å². The summed E-state index contributed by atoms with van der Waals surface area (Å²) >= 11 is 0. The van der Waals surface area contributed by atoms with E-state index in [1.165, 1.54) is 18.9 Å². The first kappa shape index (κ1) is 13.2. The van der Waals surface area contributed by atoms with Crippen molar-refractivity contribution in [2.24, 2.45) is 0 Å². The third-order valence-electron chi connectivity index (χ3n) is 5.63. The van der Waals surface area contributed by atoms with E-state index in [9.17, 15) is 4.39 Å². The number of aromatic nitrogens is 5. The predicted octanol–water partition coefficient (Wildman–Crippen LogP) is 2.83. The minimum atomic E-state index is -0.490. The van der Waals surface area contributed by atoms with E-state index in [0.29, 0.717) is 5.65 Å². The standard InChI is InChI=1S/C17H18FN5/c1-16(6-7-16)22-8-4-12(20-22)17(2)5-3-11-10-19-14-9-13(18)21-23(14)15(11)17/h4,8-10H,3,5-7H2,1-2H3. The van der Waals surface area contributed by atoms with Crippen molar-refractivity contribution in [3.63, 3.8) is 0 Å². The molecule has 0 aliphatic heterocycles. The fourth-order valence-corrected chi connectivity index (χ4v) is 3.79. The van der Waals surface area contributed by atoms with Crippen LogP contribution in [0.25, 0.3) is 5.65 Å². The summed E-state index contributed by atoms with van der Waals surface area (Å²) in [5.41, 5.74) is 3.68. The number of rotatable bonds is 2. The second-order valence-corrected chi connectivity index (χ2v) is 7.34. The van der Waals surface area contributed by atoms with Crippen LogP contribution in [0.4, 0.5) is 4.39 Å². The summed E-state index contributed by atoms with van der Waals surface area (Å²) in [5.74, 6) is -0.490. The second kappa shape index (κ2) is 3.99. The Balaban J connectivity index is 1.70. The first-order chi connectivity index (χ1) is 11.0. The molecule has 2 aliphatic rings. The zero-order chi connectivity index (χ0) is 15.8. The molecular formula is C17H18FN5. The molecule has 3 heterocycles. The molecule has 1 saturated carbocycles. The van der Waals surface area contributed by atoms with Crippen molar-refractivity contribution in [2.45, 2.75) is 50.5 Å². The van der Waals surface area contributed by atoms with Crippen molar-refractivity contribution in [1.29, 1.82) is 0 Å². The maximum Gasteiger partial charge on any atom is 0.235 e. The summed E-state index contributed by atoms with van der Waals surface area (Å²) in [6.07, 6.45) is 8.16. The van der Waals surface area contributed by atoms with Crippen molar-refractivity contribution in [1.82, 2.24) is 24.4 Å². The van der Waals surface area contributed by atoms with Crippen LogP contribution in [0.2, 0.25) is 0 Å². The van der Waals surface area contributed by atoms with Crippen molar-refractivity contribution in [3.8, 4) is 0 Å². The molecule has 5 rings (SSSR count). The number of hydrogen-bond donors (Lipinski definition) is 0. The molecule has 23 heavy (non-hydrogen) atoms. The van der Waals surface area contributed by atoms with Gasteiger partial charge in [0.15, 0.2) is 5.65 Å². The topological polar surface area (TPSA) is 48.0 Å². The van der Waals surface area contributed by atoms with Gasteiger partial charge >= 0.3 is 0 Å². The number of aryl methyl sites for hydroxylation is 1. The van der Waals surface area contributed by atoms with Gasteiger partial charge in [-0.3, -0.25) is 4.68 Å². The molecule has 0 amide bonds. The zero-order valence-electron chi connectivity index (χ0n) is 13.3. The molecule has 5 nitrogen and oxygen atoms in total. The lowest BCUT2D eigenvalue weighted by Gasteiger charge is -2.23. The van der Waals surface area contributed by atoms with Crippen LogP contribution in [0.5, 0.6) is 0 Å². The van der Waals surface area contributed by atoms with E-state index < -0.39 is 5.95 Å². The molecule has 0 radical (unpaired) electrons. The number of fused-ring (bicyclic) bond motifs is 3. The summed E-state index contributed by atoms with van der Waals surface area (Å²) in [5, 5.41) is 8.90. The molecule has 0 bridgehead atoms. The van der Waals surface area contributed by atoms with Crippen molar-refractivity contribution < 1.29 is 4.39 Å². The van der Waals surface area contributed by atoms with Crippen molar-refractivity contribution >= 4 is 5.65 Å². The molecule has 3 aromatic rings. The first-order valence-corrected chi connectivity index (χ1v) is 8.10. The number of nitrogens with zero attached hydrogens (tertiary/aromatic N) is 5. The molecule has 0 saturated heterocycles. The maximum absolute atomic E-state index is 13.6. The smallest absolute Gasteiger partial charge is 0.235 e. The van der Waals surface area contributed by atoms with Crippen LogP contribution in [0.15, 0.2) is 24.5 Å². The average Bonchev–Trinajstić information content (AvgIpc) is 2.95. The van der Waals surface area contributed by atoms with Gasteiger partial charge in [-0.1, -0.05) is 0 Å². The van der Waals surface area contributed by atoms with Gasteiger partial charge in [-0.25, -0.2) is 9.50 Å². The Kier molecular flexibility index (Phi) is 2.29. The zero-order valence-corrected chi connectivity index (χ0v) is 13.3. The fraction of sp³-hybridized carbons (Fsp3) is 0.471. The SMILES string of the molecule is CC1(c2ccn(C3(C)CC3)n2)CCc2cnc3cc(F)nn3c21. The quantitative estimate of drug-likeness (QED) is 0.731. The minimum absolute atomic E-state index is 0.182. The van der Waals surface area contributed by atoms with E-state index in [-0.39, 0.29) is 11.0 Å². The lowest BCUT2D eigenvalue weighted by molar-refractivity contribution is 0.444. The Bertz CT molecular complexity index is 936. The highest BCUT2D eigenvalue weighted by Crippen LogP contribution is 2.45. The largest absolute Gasteiger partial charge is 0.267 e. The summed E-state index contributed by atoms with van der Waals surface area (Å²) < 4.78 is 17.4. The third kappa shape index (κ3) is 1.69. The van der Waals surface area contributed by atoms with Crippen LogP contribution in [-0.2, 0) is 17.4 Å². The summed E-state index contributed by atoms with van der Waals surface area (Å²) in [6, 6.07) is 3.48. The van der Waals surface area contributed by atoms with Gasteiger partial charge < -0.3 is 0 Å². The lowest BCUT2D eigenvalue weighted by atomic mass is 9.84. The molecule has 0 aromatic carbocycles. The highest BCUT2D eigenvalue weighted by molar-refractivity contribution is 5.47. The molecule has 1 fully saturated rings. The molecule has 118 valence electrons. The molecule has 0 N–H and O–H groups in total. The highest BCUT2D eigenvalue weighted by atomic mass is 19.1. The molecule has 3 aromatic heterocycles. The average molecular weight is 311 g/mol. The minimum Gasteiger partial charge on any atom is -0.267 e. The normalized spacial score (nSPS) is 25.0. The highest BCUT2D eigenvalue weighted by Gasteiger charge is 2.44. The second-order valence-electron chi connectivity index (χ2n) is 7.34. The first-order valence-electron chi connectivity index (χ1n) is 8.10. The van der Waals surface area contributed by atoms with E-state index in [0.717, 1.165) is 29.8 Å². The van der Waals surface area contributed by atoms with Crippen molar-refractivity contribution in [3.05, 3.63) is 47.4 Å². The number of hydrogen-bond acceptors (Lipinski definition) is 3. The van der Waals surface area contributed by atoms with Gasteiger partial charge in [-0.15, -0.1) is 5.10 Å². The van der Waals surface area contributed by atoms with Gasteiger partial charge in [0.1, 0.15) is 0 Å². The Labute approximate surface area is 133 Å². The Morgan fingerprint density at radius 3 is 2.78 bits per heavy atom. The van der Waals surface area contributed by atoms with Crippen LogP contribution in [0, 0.1) is 5.95 Å². The maximum atomic E-state index is 13.6. The lowest BCUT2D eigenvalue weighted by Crippen LogP contribution is -2.25. The van der Waals surface area contributed by atoms with E-state index >= 15 is 0 Å². The number of halogens is 1. The van der Waals surface area contributed by atoms with Gasteiger partial charge in [0.05, 0.1) is 22.3 Å². The van der Waals surface area contributed by atoms with Crippen LogP contribution in [-0.4, -0.2) is 24.4 Å². The van der Waals surface area contributed by atoms with Gasteiger partial charge in [0.25, 0.3) is 0 Å². The van der Waals surface area contributed by atoms with E-state index in [4.69, 9.17) is 5.10 Å². The molecular weight excluding hydrogens is 293 g/mol. The van der Waals surface area contributed by atoms with Gasteiger partial charge in [-0.2, -0.15) is 9.49 Å². The van der Waals surface area contributed by atoms with Crippen molar-refractivity contribution in [2.75, 3.05) is 0 Å². The van der Waals surface area contributed by atoms with Gasteiger partial charge in [0.2, 0.25) is 5.95 Å². The van der Waals surface area contributed by atoms with E-state index in [1.54, 1.807) is 4.52 Å². The molecule has 1 unspecified atom stereocenters. The molecule has 6 heteroatoms. The Morgan fingerprint density at radius 1 is 1.17 bits per heavy atom. The molecule has 2 aliphatic carbocycles. The van der Waals surface area contributed by atoms with Gasteiger partial charge in [0, 0.05) is 18.5 Å². The molecule has 1 atom stereocenters. The summed E-state index contributed by atoms with van der Waals surface area (Å²) in [6.45, 7) is 4.42. The predicted molar refractivity (Wildman–Crippen MR) is 82.8 cm³/mol. The third-order valence-corrected chi connectivity index (χ3v) is 5.63. The van der Waals surface area contributed by atoms with E-state index in [1.807, 2.05) is 6.20 Å². The Morgan fingerprint density at radius 2 is 2.00 bits per heavy atom. The van der Waals surface area contributed by atoms with Crippen LogP contribution >= 0.6 is 0 Å². The van der Waals surface area contributed by atoms with E-state index in [2.05, 4.69) is 40.9 Å². The van der Waals surface area contributed by atoms with Crippen LogP contribution < -0.4 is 0 Å².